The third kappa shape index (κ3) is 118. The van der Waals surface area contributed by atoms with Gasteiger partial charge < -0.3 is 29.2 Å². The molecule has 0 spiro atoms. The van der Waals surface area contributed by atoms with Crippen LogP contribution in [0.25, 0.3) is 0 Å². The fourth-order valence-corrected chi connectivity index (χ4v) is 4.27. The van der Waals surface area contributed by atoms with Gasteiger partial charge in [0, 0.05) is 14.7 Å². The molecule has 1 atom stereocenters. The van der Waals surface area contributed by atoms with Crippen LogP contribution >= 0.6 is 0 Å². The molecule has 0 heterocycles. The van der Waals surface area contributed by atoms with Crippen LogP contribution in [0.1, 0.15) is 33.6 Å². The molecule has 0 radical (unpaired) electrons. The summed E-state index contributed by atoms with van der Waals surface area (Å²) in [5, 5.41) is 17.3. The van der Waals surface area contributed by atoms with E-state index in [9.17, 15) is 9.90 Å². The molecule has 210 valence electrons. The smallest absolute Gasteiger partial charge is 1.00 e. The first kappa shape index (κ1) is 52.4. The van der Waals surface area contributed by atoms with Crippen LogP contribution in [0.4, 0.5) is 0 Å². The van der Waals surface area contributed by atoms with Crippen molar-refractivity contribution in [1.29, 1.82) is 0 Å². The van der Waals surface area contributed by atoms with E-state index in [1.165, 1.54) is 12.8 Å². The standard InChI is InChI=1S/C10H24OSi2.C6H12OSi.C4H11Si.C4H10.C2H6O.ClH.Mg/c1-12(2,3)8-7-10(11)9-13(4,5)6;1-8(2,3)6-4-5-7;1-5(2,3)4;1-3-4-2;1-2-3;;/h7-8,10-11H,9H2,1-6H3;4-6H,1-3H3;1H2,2-4H3;3-4H2,1-2H3;3H,2H2,1H3;1H;/q;;-1;;;;+2/p-1/b8-7+;6-4+;;;;;. The number of aldehydes is 1. The monoisotopic (exact) mass is 594 g/mol. The van der Waals surface area contributed by atoms with Gasteiger partial charge in [0.1, 0.15) is 6.29 Å². The largest absolute Gasteiger partial charge is 2.00 e. The van der Waals surface area contributed by atoms with Crippen LogP contribution in [-0.2, 0) is 4.79 Å². The van der Waals surface area contributed by atoms with E-state index in [0.717, 1.165) is 12.3 Å². The molecule has 0 saturated carbocycles. The van der Waals surface area contributed by atoms with Crippen LogP contribution in [0.2, 0.25) is 84.6 Å². The predicted octanol–water partition coefficient (Wildman–Crippen LogP) is 4.86. The van der Waals surface area contributed by atoms with Crippen LogP contribution in [0.15, 0.2) is 23.6 Å². The van der Waals surface area contributed by atoms with Crippen molar-refractivity contribution in [1.82, 2.24) is 0 Å². The van der Waals surface area contributed by atoms with Crippen molar-refractivity contribution >= 4 is 61.6 Å². The first-order valence-electron chi connectivity index (χ1n) is 12.5. The number of hydrogen-bond donors (Lipinski definition) is 2. The molecule has 0 amide bonds. The van der Waals surface area contributed by atoms with Crippen LogP contribution in [0, 0.1) is 6.55 Å². The quantitative estimate of drug-likeness (QED) is 0.191. The Morgan fingerprint density at radius 2 is 1.06 bits per heavy atom. The average molecular weight is 596 g/mol. The van der Waals surface area contributed by atoms with Gasteiger partial charge in [-0.15, -0.1) is 8.07 Å². The number of allylic oxidation sites excluding steroid dienone is 1. The molecule has 0 fully saturated rings. The Bertz CT molecular complexity index is 469. The van der Waals surface area contributed by atoms with E-state index in [-0.39, 0.29) is 48.2 Å². The molecule has 0 saturated heterocycles. The van der Waals surface area contributed by atoms with Crippen molar-refractivity contribution in [3.63, 3.8) is 0 Å². The topological polar surface area (TPSA) is 57.5 Å². The minimum Gasteiger partial charge on any atom is -1.00 e. The number of halogens is 1. The minimum atomic E-state index is -1.12. The summed E-state index contributed by atoms with van der Waals surface area (Å²) in [4.78, 5) is 9.79. The van der Waals surface area contributed by atoms with E-state index in [1.54, 1.807) is 13.0 Å². The minimum absolute atomic E-state index is 0. The Morgan fingerprint density at radius 1 is 0.771 bits per heavy atom. The summed E-state index contributed by atoms with van der Waals surface area (Å²) in [5.74, 6) is 0. The van der Waals surface area contributed by atoms with Gasteiger partial charge in [0.25, 0.3) is 0 Å². The predicted molar refractivity (Wildman–Crippen MR) is 173 cm³/mol. The molecule has 3 nitrogen and oxygen atoms in total. The number of aliphatic hydroxyl groups excluding tert-OH is 2. The second-order valence-corrected chi connectivity index (χ2v) is 33.6. The second kappa shape index (κ2) is 29.5. The van der Waals surface area contributed by atoms with Crippen LogP contribution in [0.5, 0.6) is 0 Å². The van der Waals surface area contributed by atoms with Gasteiger partial charge in [-0.3, -0.25) is 4.79 Å². The Morgan fingerprint density at radius 3 is 1.20 bits per heavy atom. The zero-order chi connectivity index (χ0) is 27.9. The molecular weight excluding hydrogens is 532 g/mol. The van der Waals surface area contributed by atoms with Crippen molar-refractivity contribution < 1.29 is 27.4 Å². The molecule has 0 aromatic heterocycles. The number of carbonyl (C=O) groups is 1. The summed E-state index contributed by atoms with van der Waals surface area (Å²) in [7, 11) is -4.17. The number of aliphatic hydroxyl groups is 2. The van der Waals surface area contributed by atoms with E-state index in [4.69, 9.17) is 5.11 Å². The molecule has 35 heavy (non-hydrogen) atoms. The number of carbonyl (C=O) groups excluding carboxylic acids is 1. The third-order valence-electron chi connectivity index (χ3n) is 2.81. The molecule has 0 aliphatic heterocycles. The van der Waals surface area contributed by atoms with E-state index in [0.29, 0.717) is 0 Å². The summed E-state index contributed by atoms with van der Waals surface area (Å²) in [6.07, 6.45) is 6.85. The maximum atomic E-state index is 9.79. The fraction of sp³-hybridized carbons (Fsp3) is 0.769. The van der Waals surface area contributed by atoms with Crippen molar-refractivity contribution in [2.24, 2.45) is 0 Å². The normalized spacial score (nSPS) is 12.1. The van der Waals surface area contributed by atoms with Crippen LogP contribution in [-0.4, -0.2) is 84.6 Å². The van der Waals surface area contributed by atoms with E-state index in [1.807, 2.05) is 11.8 Å². The zero-order valence-corrected chi connectivity index (χ0v) is 32.6. The van der Waals surface area contributed by atoms with E-state index >= 15 is 0 Å². The van der Waals surface area contributed by atoms with E-state index in [2.05, 4.69) is 105 Å². The first-order valence-corrected chi connectivity index (χ1v) is 27.0. The average Bonchev–Trinajstić information content (AvgIpc) is 2.55. The van der Waals surface area contributed by atoms with E-state index < -0.39 is 32.3 Å². The summed E-state index contributed by atoms with van der Waals surface area (Å²) in [5.41, 5.74) is 4.25. The van der Waals surface area contributed by atoms with Crippen molar-refractivity contribution in [2.45, 2.75) is 124 Å². The van der Waals surface area contributed by atoms with Gasteiger partial charge in [-0.2, -0.15) is 0 Å². The van der Waals surface area contributed by atoms with Crippen LogP contribution in [0.3, 0.4) is 0 Å². The SMILES string of the molecule is CCCC.CCO.C[Si](C)(C)/C=C/C(O)C[Si](C)(C)C.C[Si](C)(C)/C=C/C=O.[CH2-][Si](C)(C)C.[Cl-].[Mg+2]. The molecule has 0 rings (SSSR count). The van der Waals surface area contributed by atoms with Crippen molar-refractivity contribution in [3.05, 3.63) is 30.1 Å². The van der Waals surface area contributed by atoms with Gasteiger partial charge in [-0.05, 0) is 19.0 Å². The van der Waals surface area contributed by atoms with Gasteiger partial charge in [-0.25, -0.2) is 0 Å². The Kier molecular flexibility index (Phi) is 44.3. The van der Waals surface area contributed by atoms with Gasteiger partial charge >= 0.3 is 23.1 Å². The third-order valence-corrected chi connectivity index (χ3v) is 6.84. The molecule has 9 heteroatoms. The summed E-state index contributed by atoms with van der Waals surface area (Å²) >= 11 is 0. The Balaban J connectivity index is -0.0000000614. The Labute approximate surface area is 248 Å². The van der Waals surface area contributed by atoms with Gasteiger partial charge in [-0.1, -0.05) is 123 Å². The molecular formula is C26H63ClMgO3Si4. The maximum Gasteiger partial charge on any atom is 2.00 e. The van der Waals surface area contributed by atoms with Gasteiger partial charge in [0.15, 0.2) is 0 Å². The molecule has 0 aromatic rings. The number of unbranched alkanes of at least 4 members (excludes halogenated alkanes) is 1. The van der Waals surface area contributed by atoms with Gasteiger partial charge in [0.05, 0.1) is 22.3 Å². The number of hydrogen-bond acceptors (Lipinski definition) is 3. The molecule has 1 unspecified atom stereocenters. The summed E-state index contributed by atoms with van der Waals surface area (Å²) in [6, 6.07) is 0.980. The first-order chi connectivity index (χ1) is 14.5. The van der Waals surface area contributed by atoms with Crippen LogP contribution < -0.4 is 12.4 Å². The van der Waals surface area contributed by atoms with Gasteiger partial charge in [0.2, 0.25) is 0 Å². The summed E-state index contributed by atoms with van der Waals surface area (Å²) < 4.78 is 0. The molecule has 2 N–H and O–H groups in total. The molecule has 0 aliphatic carbocycles. The number of rotatable bonds is 7. The van der Waals surface area contributed by atoms with Crippen molar-refractivity contribution in [3.8, 4) is 0 Å². The van der Waals surface area contributed by atoms with Crippen molar-refractivity contribution in [2.75, 3.05) is 6.61 Å². The molecule has 0 aliphatic rings. The zero-order valence-electron chi connectivity index (χ0n) is 26.4. The fourth-order valence-electron chi connectivity index (χ4n) is 1.42. The maximum absolute atomic E-state index is 9.79. The molecule has 0 aromatic carbocycles. The summed E-state index contributed by atoms with van der Waals surface area (Å²) in [6.45, 7) is 37.1. The molecule has 0 bridgehead atoms. The Hall–Kier alpha value is 0.994. The second-order valence-electron chi connectivity index (χ2n) is 12.8.